The van der Waals surface area contributed by atoms with Crippen LogP contribution < -0.4 is 70.6 Å². The molecule has 130 valence electrons. The van der Waals surface area contributed by atoms with Crippen molar-refractivity contribution >= 4 is 25.9 Å². The molecule has 1 aromatic carbocycles. The Morgan fingerprint density at radius 2 is 1.42 bits per heavy atom. The zero-order valence-electron chi connectivity index (χ0n) is 14.2. The number of hydrogen-bond donors (Lipinski definition) is 2. The van der Waals surface area contributed by atoms with E-state index in [-0.39, 0.29) is 64.8 Å². The summed E-state index contributed by atoms with van der Waals surface area (Å²) < 4.78 is 66.8. The number of rotatable bonds is 4. The molecule has 0 radical (unpaired) electrons. The fourth-order valence-corrected chi connectivity index (χ4v) is 5.00. The third kappa shape index (κ3) is 4.64. The van der Waals surface area contributed by atoms with Crippen molar-refractivity contribution in [2.24, 2.45) is 17.4 Å². The fourth-order valence-electron chi connectivity index (χ4n) is 2.48. The van der Waals surface area contributed by atoms with E-state index in [0.717, 1.165) is 12.2 Å². The summed E-state index contributed by atoms with van der Waals surface area (Å²) in [5.74, 6) is -1.74. The van der Waals surface area contributed by atoms with Gasteiger partial charge in [0.15, 0.2) is 4.08 Å². The Balaban J connectivity index is 0.00000312. The van der Waals surface area contributed by atoms with E-state index in [4.69, 9.17) is 11.5 Å². The summed E-state index contributed by atoms with van der Waals surface area (Å²) in [5.41, 5.74) is 11.6. The predicted octanol–water partition coefficient (Wildman–Crippen LogP) is -6.19. The van der Waals surface area contributed by atoms with E-state index in [0.29, 0.717) is 11.6 Å². The summed E-state index contributed by atoms with van der Waals surface area (Å²) in [6.45, 7) is 0. The van der Waals surface area contributed by atoms with E-state index in [2.05, 4.69) is 0 Å². The molecule has 1 aliphatic rings. The maximum Gasteiger partial charge on any atom is 1.00 e. The van der Waals surface area contributed by atoms with Crippen LogP contribution in [0.1, 0.15) is 5.56 Å². The summed E-state index contributed by atoms with van der Waals surface area (Å²) in [5, 5.41) is 0. The van der Waals surface area contributed by atoms with Crippen molar-refractivity contribution in [2.75, 3.05) is 0 Å². The van der Waals surface area contributed by atoms with Crippen molar-refractivity contribution in [3.05, 3.63) is 65.9 Å². The van der Waals surface area contributed by atoms with Crippen LogP contribution in [-0.4, -0.2) is 30.0 Å². The Bertz CT molecular complexity index is 909. The topological polar surface area (TPSA) is 166 Å². The second-order valence-electron chi connectivity index (χ2n) is 5.09. The summed E-state index contributed by atoms with van der Waals surface area (Å²) in [6, 6.07) is 8.08. The molecule has 1 aromatic rings. The summed E-state index contributed by atoms with van der Waals surface area (Å²) >= 11 is 0. The average molecular weight is 416 g/mol. The molecule has 0 aromatic heterocycles. The Morgan fingerprint density at radius 3 is 1.88 bits per heavy atom. The van der Waals surface area contributed by atoms with Gasteiger partial charge in [0.1, 0.15) is 20.2 Å². The van der Waals surface area contributed by atoms with E-state index < -0.39 is 35.9 Å². The Hall–Kier alpha value is -0.140. The number of benzene rings is 1. The van der Waals surface area contributed by atoms with E-state index in [9.17, 15) is 25.9 Å². The zero-order chi connectivity index (χ0) is 18.2. The van der Waals surface area contributed by atoms with Gasteiger partial charge in [-0.2, -0.15) is 0 Å². The van der Waals surface area contributed by atoms with Crippen molar-refractivity contribution in [3.63, 3.8) is 0 Å². The van der Waals surface area contributed by atoms with Gasteiger partial charge in [-0.15, -0.1) is 0 Å². The fraction of sp³-hybridized carbons (Fsp3) is 0.143. The first-order chi connectivity index (χ1) is 11.0. The summed E-state index contributed by atoms with van der Waals surface area (Å²) in [7, 11) is -11.2. The van der Waals surface area contributed by atoms with Crippen LogP contribution in [0.15, 0.2) is 60.3 Å². The van der Waals surface area contributed by atoms with Crippen molar-refractivity contribution < 1.29 is 85.1 Å². The molecule has 4 N–H and O–H groups in total. The van der Waals surface area contributed by atoms with Gasteiger partial charge in [-0.1, -0.05) is 48.6 Å². The molecule has 0 fully saturated rings. The minimum Gasteiger partial charge on any atom is -0.746 e. The average Bonchev–Trinajstić information content (AvgIpc) is 2.52. The van der Waals surface area contributed by atoms with Crippen LogP contribution in [0, 0.1) is 5.92 Å². The van der Waals surface area contributed by atoms with Crippen LogP contribution >= 0.6 is 0 Å². The van der Waals surface area contributed by atoms with E-state index in [1.807, 2.05) is 0 Å². The van der Waals surface area contributed by atoms with Gasteiger partial charge in [0, 0.05) is 5.70 Å². The van der Waals surface area contributed by atoms with Crippen LogP contribution in [0.2, 0.25) is 0 Å². The first-order valence-electron chi connectivity index (χ1n) is 6.60. The minimum atomic E-state index is -5.61. The van der Waals surface area contributed by atoms with Gasteiger partial charge < -0.3 is 20.6 Å². The number of hydrogen-bond acceptors (Lipinski definition) is 8. The van der Waals surface area contributed by atoms with Gasteiger partial charge in [-0.3, -0.25) is 0 Å². The maximum absolute atomic E-state index is 11.7. The SMILES string of the molecule is NC(=C(N)C1C=CC=CC1(S(=O)(=O)[O-])S(=O)(=O)[O-])c1ccccc1.[Na+].[Na+]. The zero-order valence-corrected chi connectivity index (χ0v) is 19.8. The van der Waals surface area contributed by atoms with Gasteiger partial charge >= 0.3 is 59.1 Å². The molecule has 2 rings (SSSR count). The first kappa shape index (κ1) is 25.9. The van der Waals surface area contributed by atoms with E-state index >= 15 is 0 Å². The molecule has 1 unspecified atom stereocenters. The van der Waals surface area contributed by atoms with Crippen LogP contribution in [0.4, 0.5) is 0 Å². The van der Waals surface area contributed by atoms with E-state index in [1.165, 1.54) is 6.08 Å². The third-order valence-corrected chi connectivity index (χ3v) is 7.26. The summed E-state index contributed by atoms with van der Waals surface area (Å²) in [4.78, 5) is 0. The monoisotopic (exact) mass is 416 g/mol. The maximum atomic E-state index is 11.7. The second-order valence-corrected chi connectivity index (χ2v) is 8.51. The van der Waals surface area contributed by atoms with Crippen molar-refractivity contribution in [2.45, 2.75) is 4.08 Å². The van der Waals surface area contributed by atoms with Gasteiger partial charge in [-0.25, -0.2) is 16.8 Å². The molecule has 0 amide bonds. The smallest absolute Gasteiger partial charge is 0.746 e. The molecule has 0 bridgehead atoms. The Labute approximate surface area is 196 Å². The van der Waals surface area contributed by atoms with Gasteiger partial charge in [0.2, 0.25) is 0 Å². The Morgan fingerprint density at radius 1 is 0.923 bits per heavy atom. The molecule has 8 nitrogen and oxygen atoms in total. The minimum absolute atomic E-state index is 0. The van der Waals surface area contributed by atoms with Crippen molar-refractivity contribution in [1.29, 1.82) is 0 Å². The number of allylic oxidation sites excluding steroid dienone is 3. The molecular weight excluding hydrogens is 402 g/mol. The predicted molar refractivity (Wildman–Crippen MR) is 85.6 cm³/mol. The summed E-state index contributed by atoms with van der Waals surface area (Å²) in [6.07, 6.45) is 3.86. The van der Waals surface area contributed by atoms with Crippen molar-refractivity contribution in [3.8, 4) is 0 Å². The Kier molecular flexibility index (Phi) is 9.32. The van der Waals surface area contributed by atoms with Crippen molar-refractivity contribution in [1.82, 2.24) is 0 Å². The molecule has 26 heavy (non-hydrogen) atoms. The van der Waals surface area contributed by atoms with Gasteiger partial charge in [0.25, 0.3) is 0 Å². The van der Waals surface area contributed by atoms with Crippen LogP contribution in [0.3, 0.4) is 0 Å². The standard InChI is InChI=1S/C14H16N2O6S2.2Na/c15-12(10-6-2-1-3-7-10)13(16)11-8-4-5-9-14(11,23(17,18)19)24(20,21)22;;/h1-9,11H,15-16H2,(H,17,18,19)(H,20,21,22);;/q;2*+1/p-2. The molecule has 0 heterocycles. The third-order valence-electron chi connectivity index (χ3n) is 3.69. The number of nitrogens with two attached hydrogens (primary N) is 2. The molecule has 1 aliphatic carbocycles. The van der Waals surface area contributed by atoms with Crippen LogP contribution in [0.25, 0.3) is 5.70 Å². The van der Waals surface area contributed by atoms with E-state index in [1.54, 1.807) is 30.3 Å². The second kappa shape index (κ2) is 9.37. The molecule has 1 atom stereocenters. The molecule has 0 saturated heterocycles. The molecule has 0 saturated carbocycles. The molecule has 12 heteroatoms. The van der Waals surface area contributed by atoms with Crippen LogP contribution in [0.5, 0.6) is 0 Å². The molecule has 0 aliphatic heterocycles. The largest absolute Gasteiger partial charge is 1.00 e. The normalized spacial score (nSPS) is 19.7. The molecule has 0 spiro atoms. The van der Waals surface area contributed by atoms with Crippen LogP contribution in [-0.2, 0) is 20.2 Å². The van der Waals surface area contributed by atoms with Gasteiger partial charge in [-0.05, 0) is 11.6 Å². The van der Waals surface area contributed by atoms with Gasteiger partial charge in [0.05, 0.1) is 11.6 Å². The molecular formula is C14H14N2Na2O6S2. The first-order valence-corrected chi connectivity index (χ1v) is 9.41. The quantitative estimate of drug-likeness (QED) is 0.361.